The van der Waals surface area contributed by atoms with Crippen molar-refractivity contribution in [3.8, 4) is 0 Å². The first-order valence-electron chi connectivity index (χ1n) is 8.09. The van der Waals surface area contributed by atoms with Gasteiger partial charge in [-0.05, 0) is 54.3 Å². The Kier molecular flexibility index (Phi) is 6.75. The summed E-state index contributed by atoms with van der Waals surface area (Å²) in [6.07, 6.45) is 2.45. The fourth-order valence-electron chi connectivity index (χ4n) is 2.30. The zero-order chi connectivity index (χ0) is 15.2. The number of hydrogen-bond acceptors (Lipinski definition) is 1. The van der Waals surface area contributed by atoms with Crippen LogP contribution in [0.1, 0.15) is 59.1 Å². The normalized spacial score (nSPS) is 13.8. The molecule has 1 atom stereocenters. The van der Waals surface area contributed by atoms with Crippen LogP contribution in [0.25, 0.3) is 0 Å². The highest BCUT2D eigenvalue weighted by atomic mass is 14.9. The maximum atomic E-state index is 3.55. The van der Waals surface area contributed by atoms with Gasteiger partial charge in [0.15, 0.2) is 0 Å². The minimum atomic E-state index is 0.257. The molecule has 0 radical (unpaired) electrons. The molecule has 0 aliphatic heterocycles. The van der Waals surface area contributed by atoms with Crippen LogP contribution >= 0.6 is 0 Å². The predicted molar refractivity (Wildman–Crippen MR) is 90.3 cm³/mol. The Hall–Kier alpha value is -0.820. The zero-order valence-electron chi connectivity index (χ0n) is 14.3. The third-order valence-corrected chi connectivity index (χ3v) is 3.79. The van der Waals surface area contributed by atoms with Crippen molar-refractivity contribution in [3.05, 3.63) is 35.4 Å². The summed E-state index contributed by atoms with van der Waals surface area (Å²) in [6, 6.07) is 9.18. The number of benzene rings is 1. The summed E-state index contributed by atoms with van der Waals surface area (Å²) < 4.78 is 0. The molecule has 0 fully saturated rings. The number of nitrogens with one attached hydrogen (secondary N) is 1. The highest BCUT2D eigenvalue weighted by molar-refractivity contribution is 5.27. The van der Waals surface area contributed by atoms with E-state index in [-0.39, 0.29) is 5.41 Å². The largest absolute Gasteiger partial charge is 0.316 e. The van der Waals surface area contributed by atoms with Gasteiger partial charge in [-0.25, -0.2) is 0 Å². The monoisotopic (exact) mass is 275 g/mol. The van der Waals surface area contributed by atoms with Gasteiger partial charge in [0.05, 0.1) is 0 Å². The SMILES string of the molecule is CC(C)CNCC(C)CCc1ccc(C(C)(C)C)cc1. The van der Waals surface area contributed by atoms with E-state index in [4.69, 9.17) is 0 Å². The Morgan fingerprint density at radius 1 is 0.950 bits per heavy atom. The van der Waals surface area contributed by atoms with Crippen LogP contribution in [0.3, 0.4) is 0 Å². The van der Waals surface area contributed by atoms with Crippen LogP contribution < -0.4 is 5.32 Å². The molecule has 0 amide bonds. The predicted octanol–water partition coefficient (Wildman–Crippen LogP) is 4.80. The minimum absolute atomic E-state index is 0.257. The maximum absolute atomic E-state index is 3.55. The third-order valence-electron chi connectivity index (χ3n) is 3.79. The van der Waals surface area contributed by atoms with E-state index in [1.807, 2.05) is 0 Å². The van der Waals surface area contributed by atoms with Gasteiger partial charge >= 0.3 is 0 Å². The van der Waals surface area contributed by atoms with E-state index in [9.17, 15) is 0 Å². The molecule has 1 N–H and O–H groups in total. The van der Waals surface area contributed by atoms with Crippen molar-refractivity contribution >= 4 is 0 Å². The lowest BCUT2D eigenvalue weighted by Gasteiger charge is -2.19. The van der Waals surface area contributed by atoms with Crippen molar-refractivity contribution in [2.45, 2.75) is 59.8 Å². The number of rotatable bonds is 7. The summed E-state index contributed by atoms with van der Waals surface area (Å²) in [5.74, 6) is 1.49. The number of hydrogen-bond donors (Lipinski definition) is 1. The molecular weight excluding hydrogens is 242 g/mol. The Morgan fingerprint density at radius 3 is 2.05 bits per heavy atom. The Labute approximate surface area is 126 Å². The smallest absolute Gasteiger partial charge is 0.00229 e. The fourth-order valence-corrected chi connectivity index (χ4v) is 2.30. The summed E-state index contributed by atoms with van der Waals surface area (Å²) >= 11 is 0. The van der Waals surface area contributed by atoms with Crippen LogP contribution in [-0.2, 0) is 11.8 Å². The van der Waals surface area contributed by atoms with E-state index in [1.165, 1.54) is 24.0 Å². The Bertz CT molecular complexity index is 370. The maximum Gasteiger partial charge on any atom is -0.00229 e. The molecule has 1 rings (SSSR count). The van der Waals surface area contributed by atoms with Gasteiger partial charge in [-0.15, -0.1) is 0 Å². The molecule has 0 aromatic heterocycles. The van der Waals surface area contributed by atoms with Crippen LogP contribution in [0.15, 0.2) is 24.3 Å². The van der Waals surface area contributed by atoms with Crippen molar-refractivity contribution in [2.24, 2.45) is 11.8 Å². The van der Waals surface area contributed by atoms with Gasteiger partial charge < -0.3 is 5.32 Å². The van der Waals surface area contributed by atoms with Crippen molar-refractivity contribution in [1.82, 2.24) is 5.32 Å². The zero-order valence-corrected chi connectivity index (χ0v) is 14.3. The number of aryl methyl sites for hydroxylation is 1. The van der Waals surface area contributed by atoms with Crippen molar-refractivity contribution in [1.29, 1.82) is 0 Å². The molecule has 0 heterocycles. The summed E-state index contributed by atoms with van der Waals surface area (Å²) in [5, 5.41) is 3.55. The molecule has 1 aromatic rings. The van der Waals surface area contributed by atoms with Crippen molar-refractivity contribution < 1.29 is 0 Å². The highest BCUT2D eigenvalue weighted by Gasteiger charge is 2.12. The lowest BCUT2D eigenvalue weighted by Crippen LogP contribution is -2.25. The van der Waals surface area contributed by atoms with Gasteiger partial charge in [-0.1, -0.05) is 65.8 Å². The first kappa shape index (κ1) is 17.2. The molecule has 0 aliphatic carbocycles. The van der Waals surface area contributed by atoms with Crippen LogP contribution in [0.4, 0.5) is 0 Å². The van der Waals surface area contributed by atoms with Crippen LogP contribution in [-0.4, -0.2) is 13.1 Å². The van der Waals surface area contributed by atoms with Gasteiger partial charge in [0.2, 0.25) is 0 Å². The van der Waals surface area contributed by atoms with Gasteiger partial charge in [-0.3, -0.25) is 0 Å². The molecule has 0 saturated heterocycles. The van der Waals surface area contributed by atoms with E-state index in [1.54, 1.807) is 0 Å². The fraction of sp³-hybridized carbons (Fsp3) is 0.684. The lowest BCUT2D eigenvalue weighted by atomic mass is 9.86. The van der Waals surface area contributed by atoms with Crippen LogP contribution in [0, 0.1) is 11.8 Å². The lowest BCUT2D eigenvalue weighted by molar-refractivity contribution is 0.454. The molecule has 0 aliphatic rings. The van der Waals surface area contributed by atoms with E-state index in [2.05, 4.69) is 71.1 Å². The first-order chi connectivity index (χ1) is 9.29. The van der Waals surface area contributed by atoms with Gasteiger partial charge in [0.1, 0.15) is 0 Å². The molecule has 1 unspecified atom stereocenters. The highest BCUT2D eigenvalue weighted by Crippen LogP contribution is 2.22. The molecule has 0 spiro atoms. The average molecular weight is 275 g/mol. The van der Waals surface area contributed by atoms with Gasteiger partial charge in [0, 0.05) is 0 Å². The van der Waals surface area contributed by atoms with E-state index < -0.39 is 0 Å². The van der Waals surface area contributed by atoms with Crippen molar-refractivity contribution in [2.75, 3.05) is 13.1 Å². The molecular formula is C19H33N. The quantitative estimate of drug-likeness (QED) is 0.754. The Balaban J connectivity index is 2.34. The molecule has 1 nitrogen and oxygen atoms in total. The Morgan fingerprint density at radius 2 is 1.55 bits per heavy atom. The second kappa shape index (κ2) is 7.83. The van der Waals surface area contributed by atoms with Crippen LogP contribution in [0.5, 0.6) is 0 Å². The molecule has 1 heteroatoms. The molecule has 20 heavy (non-hydrogen) atoms. The first-order valence-corrected chi connectivity index (χ1v) is 8.09. The molecule has 0 bridgehead atoms. The average Bonchev–Trinajstić information content (AvgIpc) is 2.35. The van der Waals surface area contributed by atoms with Crippen LogP contribution in [0.2, 0.25) is 0 Å². The van der Waals surface area contributed by atoms with E-state index in [0.29, 0.717) is 0 Å². The second-order valence-electron chi connectivity index (χ2n) is 7.64. The topological polar surface area (TPSA) is 12.0 Å². The van der Waals surface area contributed by atoms with E-state index in [0.717, 1.165) is 24.9 Å². The molecule has 1 aromatic carbocycles. The third kappa shape index (κ3) is 6.56. The summed E-state index contributed by atoms with van der Waals surface area (Å²) in [5.41, 5.74) is 3.15. The van der Waals surface area contributed by atoms with Gasteiger partial charge in [-0.2, -0.15) is 0 Å². The summed E-state index contributed by atoms with van der Waals surface area (Å²) in [6.45, 7) is 15.9. The molecule has 0 saturated carbocycles. The van der Waals surface area contributed by atoms with Crippen molar-refractivity contribution in [3.63, 3.8) is 0 Å². The summed E-state index contributed by atoms with van der Waals surface area (Å²) in [7, 11) is 0. The standard InChI is InChI=1S/C19H33N/c1-15(2)13-20-14-16(3)7-8-17-9-11-18(12-10-17)19(4,5)6/h9-12,15-16,20H,7-8,13-14H2,1-6H3. The van der Waals surface area contributed by atoms with E-state index >= 15 is 0 Å². The molecule has 114 valence electrons. The summed E-state index contributed by atoms with van der Waals surface area (Å²) in [4.78, 5) is 0. The minimum Gasteiger partial charge on any atom is -0.316 e. The van der Waals surface area contributed by atoms with Gasteiger partial charge in [0.25, 0.3) is 0 Å². The second-order valence-corrected chi connectivity index (χ2v) is 7.64.